The topological polar surface area (TPSA) is 102 Å². The molecular formula is C23H29N3O4. The van der Waals surface area contributed by atoms with Crippen LogP contribution < -0.4 is 11.1 Å². The van der Waals surface area contributed by atoms with Gasteiger partial charge in [-0.2, -0.15) is 0 Å². The number of benzene rings is 2. The number of nitrogens with one attached hydrogen (secondary N) is 1. The van der Waals surface area contributed by atoms with Crippen LogP contribution in [0.25, 0.3) is 0 Å². The van der Waals surface area contributed by atoms with Gasteiger partial charge in [-0.05, 0) is 24.5 Å². The highest BCUT2D eigenvalue weighted by Gasteiger charge is 2.24. The summed E-state index contributed by atoms with van der Waals surface area (Å²) in [6.07, 6.45) is 1.00. The molecule has 0 bridgehead atoms. The summed E-state index contributed by atoms with van der Waals surface area (Å²) in [5.74, 6) is -0.985. The molecule has 2 aromatic rings. The second-order valence-corrected chi connectivity index (χ2v) is 7.16. The average Bonchev–Trinajstić information content (AvgIpc) is 2.73. The number of rotatable bonds is 10. The number of aryl methyl sites for hydroxylation is 1. The van der Waals surface area contributed by atoms with E-state index in [0.717, 1.165) is 23.1 Å². The van der Waals surface area contributed by atoms with E-state index >= 15 is 0 Å². The van der Waals surface area contributed by atoms with Gasteiger partial charge >= 0.3 is 12.0 Å². The molecule has 0 aromatic heterocycles. The molecule has 7 heteroatoms. The number of nitrogens with two attached hydrogens (primary N) is 1. The van der Waals surface area contributed by atoms with E-state index in [1.807, 2.05) is 68.4 Å². The van der Waals surface area contributed by atoms with E-state index in [4.69, 9.17) is 10.5 Å². The van der Waals surface area contributed by atoms with Crippen LogP contribution in [0, 0.1) is 6.92 Å². The molecule has 0 fully saturated rings. The number of primary amides is 1. The number of hydrogen-bond donors (Lipinski definition) is 2. The fourth-order valence-electron chi connectivity index (χ4n) is 3.02. The summed E-state index contributed by atoms with van der Waals surface area (Å²) >= 11 is 0. The number of ether oxygens (including phenoxy) is 1. The van der Waals surface area contributed by atoms with Crippen molar-refractivity contribution in [3.05, 3.63) is 71.3 Å². The number of esters is 1. The molecule has 2 aromatic carbocycles. The van der Waals surface area contributed by atoms with Gasteiger partial charge in [0.05, 0.1) is 0 Å². The van der Waals surface area contributed by atoms with Crippen molar-refractivity contribution in [3.8, 4) is 0 Å². The summed E-state index contributed by atoms with van der Waals surface area (Å²) in [5, 5.41) is 2.39. The Hall–Kier alpha value is -3.35. The molecular weight excluding hydrogens is 382 g/mol. The number of nitrogens with zero attached hydrogens (tertiary/aromatic N) is 1. The van der Waals surface area contributed by atoms with Crippen molar-refractivity contribution in [1.82, 2.24) is 10.2 Å². The van der Waals surface area contributed by atoms with Crippen LogP contribution in [0.4, 0.5) is 4.79 Å². The molecule has 0 aliphatic heterocycles. The molecule has 0 saturated heterocycles. The third-order valence-electron chi connectivity index (χ3n) is 4.56. The predicted octanol–water partition coefficient (Wildman–Crippen LogP) is 2.56. The highest BCUT2D eigenvalue weighted by Crippen LogP contribution is 2.09. The van der Waals surface area contributed by atoms with Crippen LogP contribution in [0.1, 0.15) is 30.0 Å². The average molecular weight is 412 g/mol. The molecule has 160 valence electrons. The standard InChI is InChI=1S/C23H29N3O4/c1-3-13-26(15-19-11-9-17(2)10-12-19)21(27)16-30-22(28)20(25-23(24)29)14-18-7-5-4-6-8-18/h4-12,20H,3,13-16H2,1-2H3,(H3,24,25,29)/t20-/m0/s1. The van der Waals surface area contributed by atoms with E-state index in [0.29, 0.717) is 13.1 Å². The Kier molecular flexibility index (Phi) is 8.87. The molecule has 3 amide bonds. The van der Waals surface area contributed by atoms with Crippen LogP contribution in [0.15, 0.2) is 54.6 Å². The highest BCUT2D eigenvalue weighted by molar-refractivity contribution is 5.85. The number of carbonyl (C=O) groups is 3. The Morgan fingerprint density at radius 3 is 2.30 bits per heavy atom. The van der Waals surface area contributed by atoms with Crippen LogP contribution in [0.5, 0.6) is 0 Å². The smallest absolute Gasteiger partial charge is 0.329 e. The lowest BCUT2D eigenvalue weighted by Crippen LogP contribution is -2.46. The lowest BCUT2D eigenvalue weighted by Gasteiger charge is -2.23. The quantitative estimate of drug-likeness (QED) is 0.587. The third-order valence-corrected chi connectivity index (χ3v) is 4.56. The summed E-state index contributed by atoms with van der Waals surface area (Å²) in [6, 6.07) is 15.3. The van der Waals surface area contributed by atoms with Crippen LogP contribution in [0.2, 0.25) is 0 Å². The Morgan fingerprint density at radius 2 is 1.70 bits per heavy atom. The molecule has 2 rings (SSSR count). The largest absolute Gasteiger partial charge is 0.454 e. The van der Waals surface area contributed by atoms with Crippen molar-refractivity contribution in [2.75, 3.05) is 13.2 Å². The Bertz CT molecular complexity index is 837. The molecule has 0 heterocycles. The van der Waals surface area contributed by atoms with Crippen LogP contribution >= 0.6 is 0 Å². The van der Waals surface area contributed by atoms with Crippen LogP contribution in [0.3, 0.4) is 0 Å². The lowest BCUT2D eigenvalue weighted by atomic mass is 10.1. The van der Waals surface area contributed by atoms with Gasteiger partial charge in [0.25, 0.3) is 5.91 Å². The summed E-state index contributed by atoms with van der Waals surface area (Å²) in [7, 11) is 0. The minimum atomic E-state index is -0.963. The van der Waals surface area contributed by atoms with E-state index in [2.05, 4.69) is 5.32 Å². The number of amides is 3. The van der Waals surface area contributed by atoms with E-state index < -0.39 is 24.6 Å². The van der Waals surface area contributed by atoms with Crippen molar-refractivity contribution in [3.63, 3.8) is 0 Å². The molecule has 3 N–H and O–H groups in total. The second kappa shape index (κ2) is 11.6. The van der Waals surface area contributed by atoms with Crippen molar-refractivity contribution in [1.29, 1.82) is 0 Å². The summed E-state index contributed by atoms with van der Waals surface area (Å²) in [6.45, 7) is 4.59. The number of hydrogen-bond acceptors (Lipinski definition) is 4. The summed E-state index contributed by atoms with van der Waals surface area (Å²) in [4.78, 5) is 38.1. The van der Waals surface area contributed by atoms with E-state index in [1.54, 1.807) is 4.90 Å². The first-order valence-corrected chi connectivity index (χ1v) is 9.99. The van der Waals surface area contributed by atoms with Crippen LogP contribution in [-0.4, -0.2) is 42.0 Å². The second-order valence-electron chi connectivity index (χ2n) is 7.16. The summed E-state index contributed by atoms with van der Waals surface area (Å²) < 4.78 is 5.22. The Balaban J connectivity index is 1.97. The zero-order valence-electron chi connectivity index (χ0n) is 17.5. The molecule has 0 spiro atoms. The highest BCUT2D eigenvalue weighted by atomic mass is 16.5. The first-order valence-electron chi connectivity index (χ1n) is 9.99. The lowest BCUT2D eigenvalue weighted by molar-refractivity contribution is -0.153. The molecule has 0 unspecified atom stereocenters. The van der Waals surface area contributed by atoms with Gasteiger partial charge in [0.15, 0.2) is 6.61 Å². The van der Waals surface area contributed by atoms with Gasteiger partial charge in [-0.1, -0.05) is 67.1 Å². The first-order chi connectivity index (χ1) is 14.4. The van der Waals surface area contributed by atoms with E-state index in [-0.39, 0.29) is 12.3 Å². The fourth-order valence-corrected chi connectivity index (χ4v) is 3.02. The summed E-state index contributed by atoms with van der Waals surface area (Å²) in [5.41, 5.74) is 8.18. The third kappa shape index (κ3) is 7.58. The first kappa shape index (κ1) is 22.9. The molecule has 0 aliphatic carbocycles. The van der Waals surface area contributed by atoms with Crippen molar-refractivity contribution in [2.24, 2.45) is 5.73 Å². The predicted molar refractivity (Wildman–Crippen MR) is 114 cm³/mol. The Morgan fingerprint density at radius 1 is 1.03 bits per heavy atom. The molecule has 0 radical (unpaired) electrons. The number of carbonyl (C=O) groups excluding carboxylic acids is 3. The fraction of sp³-hybridized carbons (Fsp3) is 0.348. The van der Waals surface area contributed by atoms with Gasteiger partial charge in [0.1, 0.15) is 6.04 Å². The van der Waals surface area contributed by atoms with E-state index in [9.17, 15) is 14.4 Å². The van der Waals surface area contributed by atoms with Crippen molar-refractivity contribution >= 4 is 17.9 Å². The van der Waals surface area contributed by atoms with E-state index in [1.165, 1.54) is 0 Å². The maximum absolute atomic E-state index is 12.6. The number of urea groups is 1. The Labute approximate surface area is 177 Å². The molecule has 30 heavy (non-hydrogen) atoms. The van der Waals surface area contributed by atoms with Gasteiger partial charge < -0.3 is 20.7 Å². The maximum Gasteiger partial charge on any atom is 0.329 e. The molecule has 0 saturated carbocycles. The maximum atomic E-state index is 12.6. The minimum absolute atomic E-state index is 0.221. The zero-order valence-corrected chi connectivity index (χ0v) is 17.5. The van der Waals surface area contributed by atoms with Gasteiger partial charge in [0.2, 0.25) is 0 Å². The van der Waals surface area contributed by atoms with Gasteiger partial charge in [0, 0.05) is 19.5 Å². The van der Waals surface area contributed by atoms with Gasteiger partial charge in [-0.3, -0.25) is 4.79 Å². The van der Waals surface area contributed by atoms with Crippen molar-refractivity contribution < 1.29 is 19.1 Å². The molecule has 7 nitrogen and oxygen atoms in total. The normalized spacial score (nSPS) is 11.4. The minimum Gasteiger partial charge on any atom is -0.454 e. The van der Waals surface area contributed by atoms with Gasteiger partial charge in [-0.25, -0.2) is 9.59 Å². The van der Waals surface area contributed by atoms with Crippen LogP contribution in [-0.2, 0) is 27.3 Å². The van der Waals surface area contributed by atoms with Gasteiger partial charge in [-0.15, -0.1) is 0 Å². The molecule has 0 aliphatic rings. The monoisotopic (exact) mass is 411 g/mol. The SMILES string of the molecule is CCCN(Cc1ccc(C)cc1)C(=O)COC(=O)[C@H](Cc1ccccc1)NC(N)=O. The van der Waals surface area contributed by atoms with Crippen molar-refractivity contribution in [2.45, 2.75) is 39.3 Å². The zero-order chi connectivity index (χ0) is 21.9. The molecule has 1 atom stereocenters.